The monoisotopic (exact) mass is 286 g/mol. The van der Waals surface area contributed by atoms with Gasteiger partial charge in [-0.15, -0.1) is 0 Å². The lowest BCUT2D eigenvalue weighted by Crippen LogP contribution is -2.46. The van der Waals surface area contributed by atoms with E-state index in [0.717, 1.165) is 17.5 Å². The first-order valence-electron chi connectivity index (χ1n) is 8.95. The molecule has 0 aliphatic rings. The van der Waals surface area contributed by atoms with Gasteiger partial charge in [0.1, 0.15) is 0 Å². The van der Waals surface area contributed by atoms with Crippen LogP contribution >= 0.6 is 0 Å². The molecule has 0 aromatic rings. The van der Waals surface area contributed by atoms with Crippen molar-refractivity contribution < 1.29 is 9.22 Å². The van der Waals surface area contributed by atoms with E-state index in [2.05, 4.69) is 35.0 Å². The smallest absolute Gasteiger partial charge is 0.192 e. The van der Waals surface area contributed by atoms with E-state index in [1.54, 1.807) is 0 Å². The summed E-state index contributed by atoms with van der Waals surface area (Å²) in [5, 5.41) is 0. The fourth-order valence-electron chi connectivity index (χ4n) is 2.70. The van der Waals surface area contributed by atoms with Crippen LogP contribution in [-0.2, 0) is 4.74 Å². The van der Waals surface area contributed by atoms with Crippen LogP contribution in [0.4, 0.5) is 0 Å². The maximum Gasteiger partial charge on any atom is 0.192 e. The first-order chi connectivity index (χ1) is 9.52. The summed E-state index contributed by atoms with van der Waals surface area (Å²) in [4.78, 5) is 0. The Bertz CT molecular complexity index is 198. The zero-order valence-corrected chi connectivity index (χ0v) is 14.9. The van der Waals surface area contributed by atoms with Crippen molar-refractivity contribution in [2.24, 2.45) is 0 Å². The van der Waals surface area contributed by atoms with Crippen LogP contribution in [0.3, 0.4) is 0 Å². The molecule has 0 rings (SSSR count). The molecule has 20 heavy (non-hydrogen) atoms. The normalized spacial score (nSPS) is 13.7. The Balaban J connectivity index is 3.28. The molecule has 2 nitrogen and oxygen atoms in total. The average molecular weight is 287 g/mol. The van der Waals surface area contributed by atoms with Gasteiger partial charge in [0.25, 0.3) is 0 Å². The second-order valence-corrected chi connectivity index (χ2v) is 7.03. The van der Waals surface area contributed by atoms with Crippen molar-refractivity contribution in [2.75, 3.05) is 27.7 Å². The van der Waals surface area contributed by atoms with Crippen LogP contribution in [0.2, 0.25) is 0 Å². The molecule has 0 N–H and O–H groups in total. The highest BCUT2D eigenvalue weighted by molar-refractivity contribution is 4.48. The van der Waals surface area contributed by atoms with Crippen molar-refractivity contribution in [3.8, 4) is 0 Å². The summed E-state index contributed by atoms with van der Waals surface area (Å²) >= 11 is 0. The van der Waals surface area contributed by atoms with Gasteiger partial charge in [0.2, 0.25) is 0 Å². The van der Waals surface area contributed by atoms with Gasteiger partial charge >= 0.3 is 0 Å². The number of hydrogen-bond acceptors (Lipinski definition) is 1. The molecule has 0 spiro atoms. The minimum Gasteiger partial charge on any atom is -0.329 e. The van der Waals surface area contributed by atoms with E-state index in [9.17, 15) is 0 Å². The van der Waals surface area contributed by atoms with E-state index < -0.39 is 0 Å². The van der Waals surface area contributed by atoms with Gasteiger partial charge in [0.15, 0.2) is 6.23 Å². The summed E-state index contributed by atoms with van der Waals surface area (Å²) in [6, 6.07) is 0. The minimum absolute atomic E-state index is 0.355. The van der Waals surface area contributed by atoms with Gasteiger partial charge in [-0.05, 0) is 6.42 Å². The molecule has 0 bridgehead atoms. The number of rotatable bonds is 14. The van der Waals surface area contributed by atoms with Gasteiger partial charge in [-0.2, -0.15) is 0 Å². The van der Waals surface area contributed by atoms with E-state index in [0.29, 0.717) is 6.23 Å². The summed E-state index contributed by atoms with van der Waals surface area (Å²) in [5.41, 5.74) is 0. The summed E-state index contributed by atoms with van der Waals surface area (Å²) in [6.45, 7) is 5.43. The van der Waals surface area contributed by atoms with E-state index >= 15 is 0 Å². The number of unbranched alkanes of at least 4 members (excludes halogenated alkanes) is 9. The summed E-state index contributed by atoms with van der Waals surface area (Å²) < 4.78 is 6.91. The minimum atomic E-state index is 0.355. The highest BCUT2D eigenvalue weighted by Crippen LogP contribution is 2.12. The standard InChI is InChI=1S/C18H40NO/c1-6-8-9-10-11-12-13-14-15-16-17-20-18(7-2)19(3,4)5/h18H,6-17H2,1-5H3/q+1. The average Bonchev–Trinajstić information content (AvgIpc) is 2.38. The zero-order valence-electron chi connectivity index (χ0n) is 14.9. The van der Waals surface area contributed by atoms with E-state index in [1.807, 2.05) is 0 Å². The predicted octanol–water partition coefficient (Wildman–Crippen LogP) is 5.37. The van der Waals surface area contributed by atoms with Gasteiger partial charge < -0.3 is 9.22 Å². The summed E-state index contributed by atoms with van der Waals surface area (Å²) in [6.07, 6.45) is 15.3. The van der Waals surface area contributed by atoms with Crippen molar-refractivity contribution in [3.63, 3.8) is 0 Å². The Morgan fingerprint density at radius 1 is 0.700 bits per heavy atom. The molecule has 122 valence electrons. The lowest BCUT2D eigenvalue weighted by molar-refractivity contribution is -0.920. The van der Waals surface area contributed by atoms with Crippen molar-refractivity contribution in [1.82, 2.24) is 0 Å². The maximum absolute atomic E-state index is 6.00. The molecule has 0 fully saturated rings. The fraction of sp³-hybridized carbons (Fsp3) is 1.00. The lowest BCUT2D eigenvalue weighted by atomic mass is 10.1. The number of hydrogen-bond donors (Lipinski definition) is 0. The zero-order chi connectivity index (χ0) is 15.3. The molecule has 0 saturated heterocycles. The predicted molar refractivity (Wildman–Crippen MR) is 89.9 cm³/mol. The molecule has 0 aromatic carbocycles. The first kappa shape index (κ1) is 19.9. The Morgan fingerprint density at radius 3 is 1.55 bits per heavy atom. The highest BCUT2D eigenvalue weighted by Gasteiger charge is 2.21. The van der Waals surface area contributed by atoms with E-state index in [1.165, 1.54) is 64.2 Å². The molecule has 0 aromatic heterocycles. The quantitative estimate of drug-likeness (QED) is 0.237. The molecule has 1 atom stereocenters. The van der Waals surface area contributed by atoms with Crippen molar-refractivity contribution >= 4 is 0 Å². The van der Waals surface area contributed by atoms with Crippen LogP contribution in [-0.4, -0.2) is 38.5 Å². The summed E-state index contributed by atoms with van der Waals surface area (Å²) in [7, 11) is 6.64. The third-order valence-corrected chi connectivity index (χ3v) is 4.02. The van der Waals surface area contributed by atoms with Gasteiger partial charge in [-0.3, -0.25) is 0 Å². The van der Waals surface area contributed by atoms with Crippen LogP contribution in [0.5, 0.6) is 0 Å². The van der Waals surface area contributed by atoms with Crippen LogP contribution in [0.1, 0.15) is 84.5 Å². The largest absolute Gasteiger partial charge is 0.329 e. The third-order valence-electron chi connectivity index (χ3n) is 4.02. The molecular formula is C18H40NO+. The first-order valence-corrected chi connectivity index (χ1v) is 8.95. The Morgan fingerprint density at radius 2 is 1.15 bits per heavy atom. The third kappa shape index (κ3) is 11.7. The van der Waals surface area contributed by atoms with Crippen LogP contribution in [0.25, 0.3) is 0 Å². The van der Waals surface area contributed by atoms with Crippen molar-refractivity contribution in [2.45, 2.75) is 90.7 Å². The van der Waals surface area contributed by atoms with Crippen molar-refractivity contribution in [3.05, 3.63) is 0 Å². The van der Waals surface area contributed by atoms with Crippen molar-refractivity contribution in [1.29, 1.82) is 0 Å². The van der Waals surface area contributed by atoms with Gasteiger partial charge in [-0.1, -0.05) is 71.6 Å². The second-order valence-electron chi connectivity index (χ2n) is 7.03. The molecular weight excluding hydrogens is 246 g/mol. The maximum atomic E-state index is 6.00. The fourth-order valence-corrected chi connectivity index (χ4v) is 2.70. The lowest BCUT2D eigenvalue weighted by Gasteiger charge is -2.33. The number of nitrogens with zero attached hydrogens (tertiary/aromatic N) is 1. The molecule has 0 amide bonds. The second kappa shape index (κ2) is 12.6. The molecule has 0 aliphatic carbocycles. The molecule has 0 radical (unpaired) electrons. The Kier molecular flexibility index (Phi) is 12.6. The number of ether oxygens (including phenoxy) is 1. The van der Waals surface area contributed by atoms with E-state index in [-0.39, 0.29) is 0 Å². The summed E-state index contributed by atoms with van der Waals surface area (Å²) in [5.74, 6) is 0. The number of quaternary nitrogens is 1. The van der Waals surface area contributed by atoms with E-state index in [4.69, 9.17) is 4.74 Å². The van der Waals surface area contributed by atoms with Gasteiger partial charge in [0, 0.05) is 6.42 Å². The molecule has 1 unspecified atom stereocenters. The van der Waals surface area contributed by atoms with Gasteiger partial charge in [-0.25, -0.2) is 0 Å². The Hall–Kier alpha value is -0.0800. The van der Waals surface area contributed by atoms with Crippen LogP contribution in [0, 0.1) is 0 Å². The molecule has 0 heterocycles. The van der Waals surface area contributed by atoms with Gasteiger partial charge in [0.05, 0.1) is 27.7 Å². The molecule has 2 heteroatoms. The highest BCUT2D eigenvalue weighted by atomic mass is 16.5. The molecule has 0 saturated carbocycles. The molecule has 0 aliphatic heterocycles. The topological polar surface area (TPSA) is 9.23 Å². The van der Waals surface area contributed by atoms with Crippen LogP contribution < -0.4 is 0 Å². The SMILES string of the molecule is CCCCCCCCCCCCOC(CC)[N+](C)(C)C. The Labute approximate surface area is 128 Å². The van der Waals surface area contributed by atoms with Crippen LogP contribution in [0.15, 0.2) is 0 Å².